The lowest BCUT2D eigenvalue weighted by molar-refractivity contribution is 1.07. The van der Waals surface area contributed by atoms with E-state index < -0.39 is 0 Å². The molecule has 2 aromatic heterocycles. The summed E-state index contributed by atoms with van der Waals surface area (Å²) in [7, 11) is 1.84. The summed E-state index contributed by atoms with van der Waals surface area (Å²) < 4.78 is 1.86. The van der Waals surface area contributed by atoms with Crippen molar-refractivity contribution in [3.63, 3.8) is 0 Å². The van der Waals surface area contributed by atoms with E-state index in [1.807, 2.05) is 23.7 Å². The van der Waals surface area contributed by atoms with Crippen molar-refractivity contribution >= 4 is 11.7 Å². The number of hydrogen-bond donors (Lipinski definition) is 1. The molecule has 0 amide bonds. The van der Waals surface area contributed by atoms with E-state index in [-0.39, 0.29) is 0 Å². The maximum absolute atomic E-state index is 4.04. The molecule has 0 spiro atoms. The van der Waals surface area contributed by atoms with Crippen molar-refractivity contribution in [3.8, 4) is 0 Å². The van der Waals surface area contributed by atoms with Crippen LogP contribution in [0.3, 0.4) is 0 Å². The summed E-state index contributed by atoms with van der Waals surface area (Å²) in [6.45, 7) is 0. The van der Waals surface area contributed by atoms with E-state index in [4.69, 9.17) is 0 Å². The molecule has 0 saturated heterocycles. The van der Waals surface area contributed by atoms with Gasteiger partial charge in [-0.25, -0.2) is 0 Å². The first-order valence-corrected chi connectivity index (χ1v) is 3.89. The van der Waals surface area contributed by atoms with Gasteiger partial charge in [0.2, 0.25) is 0 Å². The van der Waals surface area contributed by atoms with Gasteiger partial charge in [0.05, 0.1) is 18.1 Å². The first-order chi connectivity index (χ1) is 6.42. The van der Waals surface area contributed by atoms with Gasteiger partial charge in [0, 0.05) is 7.05 Å². The molecule has 66 valence electrons. The molecule has 0 aliphatic rings. The number of aromatic nitrogens is 4. The Kier molecular flexibility index (Phi) is 1.91. The quantitative estimate of drug-likeness (QED) is 0.714. The molecule has 1 N–H and O–H groups in total. The predicted molar refractivity (Wildman–Crippen MR) is 48.9 cm³/mol. The van der Waals surface area contributed by atoms with E-state index in [0.717, 1.165) is 11.3 Å². The average molecular weight is 175 g/mol. The van der Waals surface area contributed by atoms with Crippen molar-refractivity contribution in [2.75, 3.05) is 7.05 Å². The van der Waals surface area contributed by atoms with E-state index in [0.29, 0.717) is 0 Å². The second-order valence-corrected chi connectivity index (χ2v) is 2.51. The molecule has 0 fully saturated rings. The third-order valence-corrected chi connectivity index (χ3v) is 1.67. The summed E-state index contributed by atoms with van der Waals surface area (Å²) in [6, 6.07) is 0. The molecular weight excluding hydrogens is 166 g/mol. The zero-order valence-corrected chi connectivity index (χ0v) is 7.18. The summed E-state index contributed by atoms with van der Waals surface area (Å²) in [5.74, 6) is 0. The zero-order chi connectivity index (χ0) is 9.10. The van der Waals surface area contributed by atoms with Gasteiger partial charge in [0.15, 0.2) is 5.65 Å². The molecule has 0 bridgehead atoms. The third kappa shape index (κ3) is 1.35. The minimum absolute atomic E-state index is 0.748. The van der Waals surface area contributed by atoms with Crippen LogP contribution in [0.2, 0.25) is 0 Å². The highest BCUT2D eigenvalue weighted by molar-refractivity contribution is 5.48. The molecule has 2 rings (SSSR count). The molecule has 0 aliphatic carbocycles. The van der Waals surface area contributed by atoms with Crippen LogP contribution in [0.25, 0.3) is 11.7 Å². The van der Waals surface area contributed by atoms with Crippen LogP contribution in [-0.2, 0) is 0 Å². The number of rotatable bonds is 2. The largest absolute Gasteiger partial charge is 0.394 e. The number of fused-ring (bicyclic) bond motifs is 1. The fourth-order valence-electron chi connectivity index (χ4n) is 1.07. The molecule has 0 aliphatic heterocycles. The lowest BCUT2D eigenvalue weighted by atomic mass is 10.4. The van der Waals surface area contributed by atoms with Gasteiger partial charge in [0.1, 0.15) is 6.33 Å². The Morgan fingerprint density at radius 3 is 3.23 bits per heavy atom. The van der Waals surface area contributed by atoms with Crippen molar-refractivity contribution in [2.24, 2.45) is 0 Å². The Morgan fingerprint density at radius 2 is 2.38 bits per heavy atom. The lowest BCUT2D eigenvalue weighted by Crippen LogP contribution is -1.94. The molecule has 2 aromatic rings. The van der Waals surface area contributed by atoms with Crippen LogP contribution < -0.4 is 5.32 Å². The predicted octanol–water partition coefficient (Wildman–Crippen LogP) is 0.314. The van der Waals surface area contributed by atoms with Gasteiger partial charge in [-0.3, -0.25) is 9.38 Å². The summed E-state index contributed by atoms with van der Waals surface area (Å²) in [4.78, 5) is 4.04. The van der Waals surface area contributed by atoms with Gasteiger partial charge in [-0.1, -0.05) is 0 Å². The summed E-state index contributed by atoms with van der Waals surface area (Å²) in [6.07, 6.45) is 8.82. The van der Waals surface area contributed by atoms with Gasteiger partial charge in [-0.2, -0.15) is 0 Å². The third-order valence-electron chi connectivity index (χ3n) is 1.67. The first-order valence-electron chi connectivity index (χ1n) is 3.89. The van der Waals surface area contributed by atoms with Gasteiger partial charge >= 0.3 is 0 Å². The topological polar surface area (TPSA) is 55.1 Å². The maximum atomic E-state index is 4.04. The van der Waals surface area contributed by atoms with E-state index in [2.05, 4.69) is 20.5 Å². The Morgan fingerprint density at radius 1 is 1.46 bits per heavy atom. The molecule has 5 nitrogen and oxygen atoms in total. The van der Waals surface area contributed by atoms with E-state index >= 15 is 0 Å². The Labute approximate surface area is 75.1 Å². The highest BCUT2D eigenvalue weighted by Crippen LogP contribution is 2.02. The van der Waals surface area contributed by atoms with Crippen LogP contribution in [0, 0.1) is 0 Å². The molecule has 0 atom stereocenters. The monoisotopic (exact) mass is 175 g/mol. The highest BCUT2D eigenvalue weighted by atomic mass is 15.2. The Hall–Kier alpha value is -1.91. The SMILES string of the molecule is CN/C=C\c1cncc2nncn12. The Balaban J connectivity index is 2.54. The summed E-state index contributed by atoms with van der Waals surface area (Å²) in [5.41, 5.74) is 1.69. The highest BCUT2D eigenvalue weighted by Gasteiger charge is 1.97. The average Bonchev–Trinajstić information content (AvgIpc) is 2.62. The van der Waals surface area contributed by atoms with E-state index in [1.54, 1.807) is 18.7 Å². The summed E-state index contributed by atoms with van der Waals surface area (Å²) >= 11 is 0. The van der Waals surface area contributed by atoms with Crippen LogP contribution in [0.15, 0.2) is 24.9 Å². The fraction of sp³-hybridized carbons (Fsp3) is 0.125. The standard InChI is InChI=1S/C8H9N5/c1-9-3-2-7-4-10-5-8-12-11-6-13(7)8/h2-6,9H,1H3/b3-2-. The van der Waals surface area contributed by atoms with Gasteiger partial charge in [-0.15, -0.1) is 10.2 Å². The van der Waals surface area contributed by atoms with Crippen LogP contribution in [0.1, 0.15) is 5.69 Å². The summed E-state index contributed by atoms with van der Waals surface area (Å²) in [5, 5.41) is 10.6. The fourth-order valence-corrected chi connectivity index (χ4v) is 1.07. The number of nitrogens with zero attached hydrogens (tertiary/aromatic N) is 4. The number of nitrogens with one attached hydrogen (secondary N) is 1. The van der Waals surface area contributed by atoms with Crippen LogP contribution in [-0.4, -0.2) is 26.6 Å². The minimum atomic E-state index is 0.748. The van der Waals surface area contributed by atoms with Crippen LogP contribution in [0.5, 0.6) is 0 Å². The van der Waals surface area contributed by atoms with Crippen LogP contribution in [0.4, 0.5) is 0 Å². The van der Waals surface area contributed by atoms with E-state index in [1.165, 1.54) is 0 Å². The molecule has 0 radical (unpaired) electrons. The normalized spacial score (nSPS) is 11.2. The molecule has 13 heavy (non-hydrogen) atoms. The molecule has 2 heterocycles. The molecule has 0 aromatic carbocycles. The lowest BCUT2D eigenvalue weighted by Gasteiger charge is -1.96. The Bertz CT molecular complexity index is 431. The molecular formula is C8H9N5. The smallest absolute Gasteiger partial charge is 0.179 e. The maximum Gasteiger partial charge on any atom is 0.179 e. The van der Waals surface area contributed by atoms with Gasteiger partial charge in [0.25, 0.3) is 0 Å². The molecule has 0 saturated carbocycles. The molecule has 5 heteroatoms. The van der Waals surface area contributed by atoms with Crippen molar-refractivity contribution in [1.82, 2.24) is 24.9 Å². The second kappa shape index (κ2) is 3.22. The zero-order valence-electron chi connectivity index (χ0n) is 7.18. The minimum Gasteiger partial charge on any atom is -0.394 e. The van der Waals surface area contributed by atoms with Crippen LogP contribution >= 0.6 is 0 Å². The van der Waals surface area contributed by atoms with Crippen molar-refractivity contribution in [2.45, 2.75) is 0 Å². The second-order valence-electron chi connectivity index (χ2n) is 2.51. The van der Waals surface area contributed by atoms with Crippen molar-refractivity contribution in [3.05, 3.63) is 30.6 Å². The first kappa shape index (κ1) is 7.72. The van der Waals surface area contributed by atoms with E-state index in [9.17, 15) is 0 Å². The van der Waals surface area contributed by atoms with Gasteiger partial charge in [-0.05, 0) is 12.3 Å². The van der Waals surface area contributed by atoms with Gasteiger partial charge < -0.3 is 5.32 Å². The molecule has 0 unspecified atom stereocenters. The van der Waals surface area contributed by atoms with Crippen molar-refractivity contribution < 1.29 is 0 Å². The van der Waals surface area contributed by atoms with Crippen molar-refractivity contribution in [1.29, 1.82) is 0 Å². The number of hydrogen-bond acceptors (Lipinski definition) is 4.